The second kappa shape index (κ2) is 4.85. The van der Waals surface area contributed by atoms with Crippen molar-refractivity contribution in [2.75, 3.05) is 7.11 Å². The maximum Gasteiger partial charge on any atom is 0.119 e. The highest BCUT2D eigenvalue weighted by molar-refractivity contribution is 5.31. The molecule has 88 valence electrons. The van der Waals surface area contributed by atoms with Crippen LogP contribution in [0.4, 0.5) is 0 Å². The van der Waals surface area contributed by atoms with E-state index in [1.54, 1.807) is 7.11 Å². The zero-order valence-corrected chi connectivity index (χ0v) is 9.60. The molecule has 0 unspecified atom stereocenters. The maximum absolute atomic E-state index is 10.1. The summed E-state index contributed by atoms with van der Waals surface area (Å²) in [5, 5.41) is 10.1. The summed E-state index contributed by atoms with van der Waals surface area (Å²) in [5.74, 6) is 1.16. The molecular weight excluding hydrogens is 202 g/mol. The van der Waals surface area contributed by atoms with E-state index in [9.17, 15) is 5.11 Å². The van der Waals surface area contributed by atoms with E-state index in [0.717, 1.165) is 24.2 Å². The standard InChI is InChI=1S/C13H19NO2/c1-16-11-7-3-6-10(8-11)12(14)13(15)9-4-2-5-9/h3,6-9,12-13,15H,2,4-5,14H2,1H3/t12-,13+/m0/s1. The number of benzene rings is 1. The first-order chi connectivity index (χ1) is 7.72. The van der Waals surface area contributed by atoms with Crippen LogP contribution in [0.25, 0.3) is 0 Å². The van der Waals surface area contributed by atoms with Crippen LogP contribution in [-0.4, -0.2) is 18.3 Å². The predicted molar refractivity (Wildman–Crippen MR) is 63.3 cm³/mol. The van der Waals surface area contributed by atoms with Gasteiger partial charge in [0.15, 0.2) is 0 Å². The molecule has 0 aliphatic heterocycles. The lowest BCUT2D eigenvalue weighted by molar-refractivity contribution is 0.0413. The summed E-state index contributed by atoms with van der Waals surface area (Å²) in [6.45, 7) is 0. The van der Waals surface area contributed by atoms with Crippen LogP contribution in [0.3, 0.4) is 0 Å². The largest absolute Gasteiger partial charge is 0.497 e. The van der Waals surface area contributed by atoms with Crippen LogP contribution in [-0.2, 0) is 0 Å². The van der Waals surface area contributed by atoms with Gasteiger partial charge in [-0.25, -0.2) is 0 Å². The number of ether oxygens (including phenoxy) is 1. The molecular formula is C13H19NO2. The minimum atomic E-state index is -0.430. The molecule has 1 aliphatic rings. The van der Waals surface area contributed by atoms with E-state index in [2.05, 4.69) is 0 Å². The van der Waals surface area contributed by atoms with Crippen LogP contribution in [0.5, 0.6) is 5.75 Å². The average Bonchev–Trinajstić information content (AvgIpc) is 2.25. The fourth-order valence-electron chi connectivity index (χ4n) is 2.12. The van der Waals surface area contributed by atoms with Crippen LogP contribution in [0.2, 0.25) is 0 Å². The molecule has 16 heavy (non-hydrogen) atoms. The number of hydrogen-bond donors (Lipinski definition) is 2. The zero-order valence-electron chi connectivity index (χ0n) is 9.60. The number of hydrogen-bond acceptors (Lipinski definition) is 3. The Kier molecular flexibility index (Phi) is 3.46. The lowest BCUT2D eigenvalue weighted by atomic mass is 9.77. The monoisotopic (exact) mass is 221 g/mol. The van der Waals surface area contributed by atoms with Gasteiger partial charge in [-0.15, -0.1) is 0 Å². The highest BCUT2D eigenvalue weighted by atomic mass is 16.5. The molecule has 3 N–H and O–H groups in total. The normalized spacial score (nSPS) is 19.9. The second-order valence-electron chi connectivity index (χ2n) is 4.48. The van der Waals surface area contributed by atoms with Crippen molar-refractivity contribution in [2.45, 2.75) is 31.4 Å². The molecule has 0 aromatic heterocycles. The lowest BCUT2D eigenvalue weighted by Gasteiger charge is -2.33. The Morgan fingerprint density at radius 2 is 2.19 bits per heavy atom. The summed E-state index contributed by atoms with van der Waals surface area (Å²) in [5.41, 5.74) is 7.01. The first-order valence-corrected chi connectivity index (χ1v) is 5.80. The van der Waals surface area contributed by atoms with Crippen molar-refractivity contribution in [3.63, 3.8) is 0 Å². The molecule has 3 nitrogen and oxygen atoms in total. The fraction of sp³-hybridized carbons (Fsp3) is 0.538. The lowest BCUT2D eigenvalue weighted by Crippen LogP contribution is -2.36. The number of aliphatic hydroxyl groups is 1. The molecule has 1 aromatic carbocycles. The van der Waals surface area contributed by atoms with E-state index in [-0.39, 0.29) is 6.04 Å². The quantitative estimate of drug-likeness (QED) is 0.816. The van der Waals surface area contributed by atoms with Gasteiger partial charge in [0, 0.05) is 0 Å². The SMILES string of the molecule is COc1cccc([C@H](N)[C@H](O)C2CCC2)c1. The topological polar surface area (TPSA) is 55.5 Å². The Labute approximate surface area is 96.2 Å². The molecule has 1 fully saturated rings. The van der Waals surface area contributed by atoms with Crippen LogP contribution in [0, 0.1) is 5.92 Å². The third kappa shape index (κ3) is 2.20. The zero-order chi connectivity index (χ0) is 11.5. The van der Waals surface area contributed by atoms with Gasteiger partial charge in [-0.1, -0.05) is 18.6 Å². The molecule has 0 heterocycles. The fourth-order valence-corrected chi connectivity index (χ4v) is 2.12. The van der Waals surface area contributed by atoms with Crippen LogP contribution in [0.1, 0.15) is 30.9 Å². The van der Waals surface area contributed by atoms with Crippen molar-refractivity contribution in [1.29, 1.82) is 0 Å². The van der Waals surface area contributed by atoms with Gasteiger partial charge in [0.1, 0.15) is 5.75 Å². The van der Waals surface area contributed by atoms with Gasteiger partial charge in [0.05, 0.1) is 19.3 Å². The molecule has 0 radical (unpaired) electrons. The summed E-state index contributed by atoms with van der Waals surface area (Å²) in [6, 6.07) is 7.31. The highest BCUT2D eigenvalue weighted by Crippen LogP contribution is 2.34. The number of methoxy groups -OCH3 is 1. The smallest absolute Gasteiger partial charge is 0.119 e. The molecule has 0 amide bonds. The third-order valence-corrected chi connectivity index (χ3v) is 3.48. The molecule has 2 rings (SSSR count). The van der Waals surface area contributed by atoms with Crippen molar-refractivity contribution in [3.05, 3.63) is 29.8 Å². The molecule has 1 aliphatic carbocycles. The third-order valence-electron chi connectivity index (χ3n) is 3.48. The van der Waals surface area contributed by atoms with Crippen molar-refractivity contribution < 1.29 is 9.84 Å². The van der Waals surface area contributed by atoms with E-state index >= 15 is 0 Å². The van der Waals surface area contributed by atoms with Crippen molar-refractivity contribution >= 4 is 0 Å². The van der Waals surface area contributed by atoms with E-state index in [0.29, 0.717) is 5.92 Å². The van der Waals surface area contributed by atoms with Crippen molar-refractivity contribution in [1.82, 2.24) is 0 Å². The van der Waals surface area contributed by atoms with Crippen LogP contribution in [0.15, 0.2) is 24.3 Å². The van der Waals surface area contributed by atoms with E-state index in [1.807, 2.05) is 24.3 Å². The van der Waals surface area contributed by atoms with Crippen LogP contribution >= 0.6 is 0 Å². The molecule has 0 saturated heterocycles. The summed E-state index contributed by atoms with van der Waals surface area (Å²) in [4.78, 5) is 0. The summed E-state index contributed by atoms with van der Waals surface area (Å²) < 4.78 is 5.15. The minimum Gasteiger partial charge on any atom is -0.497 e. The molecule has 0 bridgehead atoms. The van der Waals surface area contributed by atoms with E-state index < -0.39 is 6.10 Å². The van der Waals surface area contributed by atoms with E-state index in [4.69, 9.17) is 10.5 Å². The van der Waals surface area contributed by atoms with Gasteiger partial charge < -0.3 is 15.6 Å². The Morgan fingerprint density at radius 3 is 2.75 bits per heavy atom. The Balaban J connectivity index is 2.09. The summed E-state index contributed by atoms with van der Waals surface area (Å²) in [6.07, 6.45) is 2.98. The molecule has 2 atom stereocenters. The average molecular weight is 221 g/mol. The number of aliphatic hydroxyl groups excluding tert-OH is 1. The van der Waals surface area contributed by atoms with Gasteiger partial charge in [0.25, 0.3) is 0 Å². The Bertz CT molecular complexity index is 350. The van der Waals surface area contributed by atoms with Gasteiger partial charge >= 0.3 is 0 Å². The maximum atomic E-state index is 10.1. The minimum absolute atomic E-state index is 0.305. The van der Waals surface area contributed by atoms with Gasteiger partial charge in [-0.2, -0.15) is 0 Å². The van der Waals surface area contributed by atoms with Crippen LogP contribution < -0.4 is 10.5 Å². The second-order valence-corrected chi connectivity index (χ2v) is 4.48. The van der Waals surface area contributed by atoms with Crippen molar-refractivity contribution in [3.8, 4) is 5.75 Å². The molecule has 0 spiro atoms. The molecule has 1 aromatic rings. The molecule has 3 heteroatoms. The predicted octanol–water partition coefficient (Wildman–Crippen LogP) is 1.86. The number of rotatable bonds is 4. The van der Waals surface area contributed by atoms with Crippen molar-refractivity contribution in [2.24, 2.45) is 11.7 Å². The first kappa shape index (κ1) is 11.4. The van der Waals surface area contributed by atoms with E-state index in [1.165, 1.54) is 6.42 Å². The Hall–Kier alpha value is -1.06. The highest BCUT2D eigenvalue weighted by Gasteiger charge is 2.30. The Morgan fingerprint density at radius 1 is 1.44 bits per heavy atom. The van der Waals surface area contributed by atoms with Gasteiger partial charge in [0.2, 0.25) is 0 Å². The molecule has 1 saturated carbocycles. The summed E-state index contributed by atoms with van der Waals surface area (Å²) >= 11 is 0. The van der Waals surface area contributed by atoms with Gasteiger partial charge in [-0.3, -0.25) is 0 Å². The summed E-state index contributed by atoms with van der Waals surface area (Å²) in [7, 11) is 1.63. The first-order valence-electron chi connectivity index (χ1n) is 5.80. The van der Waals surface area contributed by atoms with Gasteiger partial charge in [-0.05, 0) is 36.5 Å². The number of nitrogens with two attached hydrogens (primary N) is 1.